The molecule has 146 valence electrons. The van der Waals surface area contributed by atoms with Crippen LogP contribution in [0.15, 0.2) is 30.3 Å². The number of ether oxygens (including phenoxy) is 2. The molecule has 0 radical (unpaired) electrons. The molecule has 0 aliphatic heterocycles. The number of carbonyl (C=O) groups excluding carboxylic acids is 1. The van der Waals surface area contributed by atoms with Crippen LogP contribution >= 0.6 is 0 Å². The minimum atomic E-state index is -4.65. The highest BCUT2D eigenvalue weighted by Crippen LogP contribution is 2.37. The third-order valence-corrected chi connectivity index (χ3v) is 4.05. The van der Waals surface area contributed by atoms with E-state index in [-0.39, 0.29) is 23.5 Å². The molecule has 0 saturated heterocycles. The highest BCUT2D eigenvalue weighted by molar-refractivity contribution is 5.72. The van der Waals surface area contributed by atoms with E-state index in [9.17, 15) is 22.4 Å². The van der Waals surface area contributed by atoms with Crippen LogP contribution in [0.25, 0.3) is 0 Å². The Morgan fingerprint density at radius 1 is 1.11 bits per heavy atom. The quantitative estimate of drug-likeness (QED) is 0.369. The number of hydrogen-bond acceptors (Lipinski definition) is 3. The fourth-order valence-corrected chi connectivity index (χ4v) is 2.57. The molecule has 0 atom stereocenters. The minimum absolute atomic E-state index is 0.0132. The summed E-state index contributed by atoms with van der Waals surface area (Å²) in [5.41, 5.74) is -0.184. The van der Waals surface area contributed by atoms with Gasteiger partial charge in [0.25, 0.3) is 0 Å². The van der Waals surface area contributed by atoms with Crippen molar-refractivity contribution in [2.45, 2.75) is 46.4 Å². The van der Waals surface area contributed by atoms with Gasteiger partial charge in [-0.1, -0.05) is 19.9 Å². The summed E-state index contributed by atoms with van der Waals surface area (Å²) in [5, 5.41) is 0. The van der Waals surface area contributed by atoms with Crippen molar-refractivity contribution in [2.75, 3.05) is 0 Å². The van der Waals surface area contributed by atoms with Gasteiger partial charge in [0, 0.05) is 18.1 Å². The first-order chi connectivity index (χ1) is 12.7. The van der Waals surface area contributed by atoms with Crippen molar-refractivity contribution >= 4 is 5.97 Å². The summed E-state index contributed by atoms with van der Waals surface area (Å²) in [6.45, 7) is 4.50. The van der Waals surface area contributed by atoms with Crippen LogP contribution in [0.2, 0.25) is 0 Å². The molecule has 0 aromatic heterocycles. The lowest BCUT2D eigenvalue weighted by Gasteiger charge is -2.18. The van der Waals surface area contributed by atoms with E-state index in [4.69, 9.17) is 9.47 Å². The van der Waals surface area contributed by atoms with Gasteiger partial charge in [-0.15, -0.1) is 0 Å². The lowest BCUT2D eigenvalue weighted by Crippen LogP contribution is -2.15. The average molecular weight is 384 g/mol. The summed E-state index contributed by atoms with van der Waals surface area (Å²) in [6.07, 6.45) is -4.15. The zero-order valence-electron chi connectivity index (χ0n) is 15.2. The molecule has 0 amide bonds. The third kappa shape index (κ3) is 4.99. The van der Waals surface area contributed by atoms with E-state index in [1.165, 1.54) is 13.0 Å². The summed E-state index contributed by atoms with van der Waals surface area (Å²) in [5.74, 6) is -1.24. The maximum absolute atomic E-state index is 14.0. The predicted molar refractivity (Wildman–Crippen MR) is 92.2 cm³/mol. The largest absolute Gasteiger partial charge is 0.488 e. The van der Waals surface area contributed by atoms with Gasteiger partial charge in [-0.2, -0.15) is 13.2 Å². The number of esters is 1. The third-order valence-electron chi connectivity index (χ3n) is 4.05. The Balaban J connectivity index is 2.39. The first-order valence-corrected chi connectivity index (χ1v) is 8.48. The summed E-state index contributed by atoms with van der Waals surface area (Å²) in [7, 11) is 0. The Bertz CT molecular complexity index is 829. The molecule has 0 saturated carbocycles. The normalized spacial score (nSPS) is 11.4. The molecular weight excluding hydrogens is 364 g/mol. The van der Waals surface area contributed by atoms with Gasteiger partial charge in [-0.25, -0.2) is 4.39 Å². The zero-order chi connectivity index (χ0) is 20.2. The highest BCUT2D eigenvalue weighted by Gasteiger charge is 2.35. The van der Waals surface area contributed by atoms with Gasteiger partial charge in [-0.3, -0.25) is 4.79 Å². The molecule has 27 heavy (non-hydrogen) atoms. The smallest absolute Gasteiger partial charge is 0.416 e. The second-order valence-electron chi connectivity index (χ2n) is 5.96. The molecule has 0 aliphatic rings. The van der Waals surface area contributed by atoms with Crippen LogP contribution in [-0.2, 0) is 24.0 Å². The second kappa shape index (κ2) is 8.41. The number of hydrogen-bond donors (Lipinski definition) is 0. The molecule has 0 aliphatic carbocycles. The lowest BCUT2D eigenvalue weighted by molar-refractivity contribution is -0.140. The molecule has 3 nitrogen and oxygen atoms in total. The molecule has 0 unspecified atom stereocenters. The second-order valence-corrected chi connectivity index (χ2v) is 5.96. The summed E-state index contributed by atoms with van der Waals surface area (Å²) in [6, 6.07) is 6.07. The van der Waals surface area contributed by atoms with Crippen LogP contribution in [-0.4, -0.2) is 5.97 Å². The van der Waals surface area contributed by atoms with Crippen LogP contribution in [0.3, 0.4) is 0 Å². The Hall–Kier alpha value is -2.57. The summed E-state index contributed by atoms with van der Waals surface area (Å²) < 4.78 is 64.6. The molecule has 2 aromatic carbocycles. The van der Waals surface area contributed by atoms with E-state index < -0.39 is 30.1 Å². The molecule has 7 heteroatoms. The SMILES string of the molecule is CCC(=O)Oc1cccc(C(F)(F)F)c1COc1cc(F)c(CC)cc1C. The van der Waals surface area contributed by atoms with Crippen molar-refractivity contribution in [3.63, 3.8) is 0 Å². The van der Waals surface area contributed by atoms with Crippen molar-refractivity contribution in [1.82, 2.24) is 0 Å². The Morgan fingerprint density at radius 2 is 1.81 bits per heavy atom. The standard InChI is InChI=1S/C20H20F4O3/c1-4-13-9-12(3)18(10-16(13)21)26-11-14-15(20(22,23)24)7-6-8-17(14)27-19(25)5-2/h6-10H,4-5,11H2,1-3H3. The average Bonchev–Trinajstić information content (AvgIpc) is 2.61. The molecule has 2 rings (SSSR count). The molecule has 0 spiro atoms. The number of aryl methyl sites for hydroxylation is 2. The van der Waals surface area contributed by atoms with Gasteiger partial charge < -0.3 is 9.47 Å². The van der Waals surface area contributed by atoms with E-state index in [1.54, 1.807) is 19.9 Å². The van der Waals surface area contributed by atoms with Crippen LogP contribution in [0.4, 0.5) is 17.6 Å². The van der Waals surface area contributed by atoms with Gasteiger partial charge in [0.15, 0.2) is 0 Å². The Labute approximate surface area is 154 Å². The van der Waals surface area contributed by atoms with E-state index in [0.29, 0.717) is 17.5 Å². The van der Waals surface area contributed by atoms with Gasteiger partial charge in [0.2, 0.25) is 0 Å². The van der Waals surface area contributed by atoms with Crippen molar-refractivity contribution < 1.29 is 31.8 Å². The first-order valence-electron chi connectivity index (χ1n) is 8.48. The molecule has 0 fully saturated rings. The van der Waals surface area contributed by atoms with Crippen LogP contribution in [0.5, 0.6) is 11.5 Å². The van der Waals surface area contributed by atoms with Gasteiger partial charge >= 0.3 is 12.1 Å². The van der Waals surface area contributed by atoms with Gasteiger partial charge in [0.05, 0.1) is 5.56 Å². The zero-order valence-corrected chi connectivity index (χ0v) is 15.2. The maximum Gasteiger partial charge on any atom is 0.416 e. The molecule has 0 bridgehead atoms. The van der Waals surface area contributed by atoms with Crippen molar-refractivity contribution in [3.8, 4) is 11.5 Å². The number of rotatable bonds is 6. The number of carbonyl (C=O) groups is 1. The van der Waals surface area contributed by atoms with Crippen LogP contribution in [0.1, 0.15) is 42.5 Å². The number of halogens is 4. The minimum Gasteiger partial charge on any atom is -0.488 e. The number of benzene rings is 2. The van der Waals surface area contributed by atoms with Crippen LogP contribution < -0.4 is 9.47 Å². The van der Waals surface area contributed by atoms with Crippen molar-refractivity contribution in [2.24, 2.45) is 0 Å². The summed E-state index contributed by atoms with van der Waals surface area (Å²) >= 11 is 0. The first kappa shape index (κ1) is 20.7. The van der Waals surface area contributed by atoms with Crippen LogP contribution in [0, 0.1) is 12.7 Å². The maximum atomic E-state index is 14.0. The topological polar surface area (TPSA) is 35.5 Å². The van der Waals surface area contributed by atoms with E-state index in [1.807, 2.05) is 0 Å². The monoisotopic (exact) mass is 384 g/mol. The number of alkyl halides is 3. The van der Waals surface area contributed by atoms with Crippen molar-refractivity contribution in [3.05, 3.63) is 58.4 Å². The molecule has 2 aromatic rings. The molecular formula is C20H20F4O3. The van der Waals surface area contributed by atoms with E-state index >= 15 is 0 Å². The summed E-state index contributed by atoms with van der Waals surface area (Å²) in [4.78, 5) is 11.5. The van der Waals surface area contributed by atoms with E-state index in [2.05, 4.69) is 0 Å². The van der Waals surface area contributed by atoms with Crippen molar-refractivity contribution in [1.29, 1.82) is 0 Å². The fourth-order valence-electron chi connectivity index (χ4n) is 2.57. The molecule has 0 heterocycles. The predicted octanol–water partition coefficient (Wildman–Crippen LogP) is 5.61. The highest BCUT2D eigenvalue weighted by atomic mass is 19.4. The van der Waals surface area contributed by atoms with Gasteiger partial charge in [0.1, 0.15) is 23.9 Å². The Kier molecular flexibility index (Phi) is 6.46. The fraction of sp³-hybridized carbons (Fsp3) is 0.350. The lowest BCUT2D eigenvalue weighted by atomic mass is 10.1. The van der Waals surface area contributed by atoms with Gasteiger partial charge in [-0.05, 0) is 42.7 Å². The molecule has 0 N–H and O–H groups in total. The van der Waals surface area contributed by atoms with E-state index in [0.717, 1.165) is 18.2 Å². The Morgan fingerprint density at radius 3 is 2.41 bits per heavy atom.